The number of nitrogens with one attached hydrogen (secondary N) is 1. The van der Waals surface area contributed by atoms with Gasteiger partial charge in [0, 0.05) is 36.0 Å². The third-order valence-corrected chi connectivity index (χ3v) is 4.16. The average molecular weight is 340 g/mol. The van der Waals surface area contributed by atoms with Gasteiger partial charge in [0.1, 0.15) is 0 Å². The third-order valence-electron chi connectivity index (χ3n) is 4.16. The molecule has 0 saturated carbocycles. The number of carbonyl (C=O) groups is 2. The molecule has 0 radical (unpaired) electrons. The molecule has 0 aromatic heterocycles. The number of hydrogen-bond acceptors (Lipinski definition) is 4. The Morgan fingerprint density at radius 3 is 2.36 bits per heavy atom. The van der Waals surface area contributed by atoms with Crippen molar-refractivity contribution in [1.82, 2.24) is 0 Å². The number of methoxy groups -OCH3 is 2. The summed E-state index contributed by atoms with van der Waals surface area (Å²) in [5, 5.41) is 2.83. The van der Waals surface area contributed by atoms with E-state index in [1.807, 2.05) is 0 Å². The Hall–Kier alpha value is -3.02. The smallest absolute Gasteiger partial charge is 0.255 e. The minimum Gasteiger partial charge on any atom is -0.493 e. The number of hydrogen-bond donors (Lipinski definition) is 1. The predicted octanol–water partition coefficient (Wildman–Crippen LogP) is 3.08. The molecule has 25 heavy (non-hydrogen) atoms. The van der Waals surface area contributed by atoms with Crippen LogP contribution < -0.4 is 19.7 Å². The van der Waals surface area contributed by atoms with Crippen molar-refractivity contribution in [2.24, 2.45) is 0 Å². The third kappa shape index (κ3) is 3.57. The Labute approximate surface area is 146 Å². The lowest BCUT2D eigenvalue weighted by Gasteiger charge is -2.16. The van der Waals surface area contributed by atoms with Gasteiger partial charge in [-0.1, -0.05) is 0 Å². The van der Waals surface area contributed by atoms with E-state index in [-0.39, 0.29) is 11.8 Å². The first kappa shape index (κ1) is 16.8. The highest BCUT2D eigenvalue weighted by Crippen LogP contribution is 2.30. The quantitative estimate of drug-likeness (QED) is 0.908. The molecule has 0 unspecified atom stereocenters. The van der Waals surface area contributed by atoms with Crippen LogP contribution in [0.1, 0.15) is 23.2 Å². The fourth-order valence-electron chi connectivity index (χ4n) is 2.83. The standard InChI is InChI=1S/C19H20N2O4/c1-24-16-10-7-14(12-17(16)25-2)20-19(23)13-5-8-15(9-6-13)21-11-3-4-18(21)22/h5-10,12H,3-4,11H2,1-2H3,(H,20,23). The van der Waals surface area contributed by atoms with E-state index in [2.05, 4.69) is 5.32 Å². The fraction of sp³-hybridized carbons (Fsp3) is 0.263. The summed E-state index contributed by atoms with van der Waals surface area (Å²) >= 11 is 0. The summed E-state index contributed by atoms with van der Waals surface area (Å²) in [6.45, 7) is 0.732. The van der Waals surface area contributed by atoms with Crippen LogP contribution in [-0.2, 0) is 4.79 Å². The molecule has 0 aliphatic carbocycles. The summed E-state index contributed by atoms with van der Waals surface area (Å²) in [5.41, 5.74) is 1.96. The minimum atomic E-state index is -0.230. The second-order valence-corrected chi connectivity index (χ2v) is 5.72. The molecule has 6 heteroatoms. The summed E-state index contributed by atoms with van der Waals surface area (Å²) in [6, 6.07) is 12.2. The first-order valence-corrected chi connectivity index (χ1v) is 8.06. The molecular weight excluding hydrogens is 320 g/mol. The van der Waals surface area contributed by atoms with Crippen LogP contribution in [0.2, 0.25) is 0 Å². The van der Waals surface area contributed by atoms with Crippen LogP contribution in [-0.4, -0.2) is 32.6 Å². The van der Waals surface area contributed by atoms with Crippen molar-refractivity contribution < 1.29 is 19.1 Å². The highest BCUT2D eigenvalue weighted by molar-refractivity contribution is 6.05. The second-order valence-electron chi connectivity index (χ2n) is 5.72. The zero-order chi connectivity index (χ0) is 17.8. The highest BCUT2D eigenvalue weighted by Gasteiger charge is 2.21. The molecule has 0 bridgehead atoms. The van der Waals surface area contributed by atoms with Gasteiger partial charge in [0.15, 0.2) is 11.5 Å². The van der Waals surface area contributed by atoms with Gasteiger partial charge in [-0.05, 0) is 42.8 Å². The van der Waals surface area contributed by atoms with E-state index in [1.54, 1.807) is 61.6 Å². The van der Waals surface area contributed by atoms with Gasteiger partial charge < -0.3 is 19.7 Å². The van der Waals surface area contributed by atoms with Gasteiger partial charge in [-0.2, -0.15) is 0 Å². The molecule has 0 atom stereocenters. The molecule has 1 aliphatic rings. The van der Waals surface area contributed by atoms with Crippen molar-refractivity contribution in [3.63, 3.8) is 0 Å². The number of benzene rings is 2. The van der Waals surface area contributed by atoms with Crippen LogP contribution in [0.25, 0.3) is 0 Å². The molecule has 2 amide bonds. The van der Waals surface area contributed by atoms with Crippen LogP contribution in [0.4, 0.5) is 11.4 Å². The van der Waals surface area contributed by atoms with Gasteiger partial charge in [-0.15, -0.1) is 0 Å². The number of carbonyl (C=O) groups excluding carboxylic acids is 2. The predicted molar refractivity (Wildman–Crippen MR) is 95.5 cm³/mol. The van der Waals surface area contributed by atoms with Crippen molar-refractivity contribution >= 4 is 23.2 Å². The number of anilines is 2. The highest BCUT2D eigenvalue weighted by atomic mass is 16.5. The fourth-order valence-corrected chi connectivity index (χ4v) is 2.83. The number of nitrogens with zero attached hydrogens (tertiary/aromatic N) is 1. The summed E-state index contributed by atoms with van der Waals surface area (Å²) in [6.07, 6.45) is 1.46. The van der Waals surface area contributed by atoms with Crippen LogP contribution in [0.3, 0.4) is 0 Å². The van der Waals surface area contributed by atoms with Gasteiger partial charge >= 0.3 is 0 Å². The number of rotatable bonds is 5. The SMILES string of the molecule is COc1ccc(NC(=O)c2ccc(N3CCCC3=O)cc2)cc1OC. The first-order chi connectivity index (χ1) is 12.1. The first-order valence-electron chi connectivity index (χ1n) is 8.06. The van der Waals surface area contributed by atoms with E-state index in [0.717, 1.165) is 18.7 Å². The lowest BCUT2D eigenvalue weighted by Crippen LogP contribution is -2.23. The maximum atomic E-state index is 12.4. The molecule has 2 aromatic rings. The van der Waals surface area contributed by atoms with Gasteiger partial charge in [-0.3, -0.25) is 9.59 Å². The molecule has 1 N–H and O–H groups in total. The summed E-state index contributed by atoms with van der Waals surface area (Å²) in [4.78, 5) is 25.9. The monoisotopic (exact) mass is 340 g/mol. The Morgan fingerprint density at radius 1 is 1.04 bits per heavy atom. The Balaban J connectivity index is 1.72. The zero-order valence-electron chi connectivity index (χ0n) is 14.2. The Bertz CT molecular complexity index is 787. The van der Waals surface area contributed by atoms with Gasteiger partial charge in [0.25, 0.3) is 5.91 Å². The van der Waals surface area contributed by atoms with Gasteiger partial charge in [0.2, 0.25) is 5.91 Å². The summed E-state index contributed by atoms with van der Waals surface area (Å²) in [7, 11) is 3.10. The number of amides is 2. The molecule has 0 spiro atoms. The van der Waals surface area contributed by atoms with Crippen LogP contribution in [0.15, 0.2) is 42.5 Å². The molecule has 1 aliphatic heterocycles. The normalized spacial score (nSPS) is 13.7. The molecule has 2 aromatic carbocycles. The lowest BCUT2D eigenvalue weighted by molar-refractivity contribution is -0.117. The molecule has 6 nitrogen and oxygen atoms in total. The van der Waals surface area contributed by atoms with Crippen molar-refractivity contribution in [2.75, 3.05) is 31.0 Å². The summed E-state index contributed by atoms with van der Waals surface area (Å²) in [5.74, 6) is 1.04. The lowest BCUT2D eigenvalue weighted by atomic mass is 10.1. The Morgan fingerprint density at radius 2 is 1.76 bits per heavy atom. The van der Waals surface area contributed by atoms with Crippen LogP contribution >= 0.6 is 0 Å². The van der Waals surface area contributed by atoms with Crippen LogP contribution in [0, 0.1) is 0 Å². The van der Waals surface area contributed by atoms with Crippen molar-refractivity contribution in [1.29, 1.82) is 0 Å². The van der Waals surface area contributed by atoms with Crippen molar-refractivity contribution in [3.05, 3.63) is 48.0 Å². The molecular formula is C19H20N2O4. The van der Waals surface area contributed by atoms with E-state index in [4.69, 9.17) is 9.47 Å². The molecule has 130 valence electrons. The van der Waals surface area contributed by atoms with E-state index < -0.39 is 0 Å². The largest absolute Gasteiger partial charge is 0.493 e. The van der Waals surface area contributed by atoms with Crippen LogP contribution in [0.5, 0.6) is 11.5 Å². The average Bonchev–Trinajstić information content (AvgIpc) is 3.07. The van der Waals surface area contributed by atoms with E-state index in [1.165, 1.54) is 0 Å². The van der Waals surface area contributed by atoms with Gasteiger partial charge in [-0.25, -0.2) is 0 Å². The van der Waals surface area contributed by atoms with Gasteiger partial charge in [0.05, 0.1) is 14.2 Å². The maximum absolute atomic E-state index is 12.4. The second kappa shape index (κ2) is 7.25. The molecule has 1 saturated heterocycles. The topological polar surface area (TPSA) is 67.9 Å². The maximum Gasteiger partial charge on any atom is 0.255 e. The zero-order valence-corrected chi connectivity index (χ0v) is 14.2. The molecule has 1 fully saturated rings. The van der Waals surface area contributed by atoms with E-state index in [9.17, 15) is 9.59 Å². The summed E-state index contributed by atoms with van der Waals surface area (Å²) < 4.78 is 10.4. The Kier molecular flexibility index (Phi) is 4.88. The molecule has 3 rings (SSSR count). The van der Waals surface area contributed by atoms with E-state index >= 15 is 0 Å². The molecule has 1 heterocycles. The van der Waals surface area contributed by atoms with Crippen molar-refractivity contribution in [2.45, 2.75) is 12.8 Å². The number of ether oxygens (including phenoxy) is 2. The van der Waals surface area contributed by atoms with Crippen molar-refractivity contribution in [3.8, 4) is 11.5 Å². The van der Waals surface area contributed by atoms with E-state index in [0.29, 0.717) is 29.2 Å². The minimum absolute atomic E-state index is 0.127.